The summed E-state index contributed by atoms with van der Waals surface area (Å²) in [6.45, 7) is 8.65. The van der Waals surface area contributed by atoms with E-state index in [1.54, 1.807) is 0 Å². The lowest BCUT2D eigenvalue weighted by atomic mass is 9.66. The minimum Gasteiger partial charge on any atom is -0.465 e. The van der Waals surface area contributed by atoms with Crippen molar-refractivity contribution in [3.63, 3.8) is 0 Å². The van der Waals surface area contributed by atoms with E-state index in [4.69, 9.17) is 4.74 Å². The molecule has 31 heavy (non-hydrogen) atoms. The molecule has 1 aliphatic heterocycles. The molecule has 1 N–H and O–H groups in total. The van der Waals surface area contributed by atoms with Crippen molar-refractivity contribution in [1.29, 1.82) is 0 Å². The van der Waals surface area contributed by atoms with Crippen molar-refractivity contribution in [2.45, 2.75) is 39.0 Å². The van der Waals surface area contributed by atoms with E-state index in [1.807, 2.05) is 60.7 Å². The van der Waals surface area contributed by atoms with Crippen LogP contribution in [0.25, 0.3) is 0 Å². The molecule has 4 rings (SSSR count). The molecular weight excluding hydrogens is 386 g/mol. The average Bonchev–Trinajstić information content (AvgIpc) is 2.73. The summed E-state index contributed by atoms with van der Waals surface area (Å²) >= 11 is 0. The van der Waals surface area contributed by atoms with Gasteiger partial charge >= 0.3 is 5.97 Å². The molecule has 2 aromatic carbocycles. The summed E-state index contributed by atoms with van der Waals surface area (Å²) in [6, 6.07) is 19.7. The lowest BCUT2D eigenvalue weighted by Gasteiger charge is -2.42. The quantitative estimate of drug-likeness (QED) is 0.704. The van der Waals surface area contributed by atoms with Gasteiger partial charge in [-0.2, -0.15) is 0 Å². The molecule has 1 heterocycles. The number of benzene rings is 2. The molecule has 0 aromatic heterocycles. The standard InChI is InChI=1S/C27H29NO3/c1-18-23(26(30)31-15-14-19-10-6-4-7-11-19)24(20-12-8-5-9-13-20)25-21(28-18)16-27(2,3)17-22(25)29/h4-13,23-24,28H,1,14-17H2,2-3H3. The first-order valence-corrected chi connectivity index (χ1v) is 10.8. The molecular formula is C27H29NO3. The summed E-state index contributed by atoms with van der Waals surface area (Å²) in [5.41, 5.74) is 4.15. The van der Waals surface area contributed by atoms with Gasteiger partial charge in [0.15, 0.2) is 5.78 Å². The Morgan fingerprint density at radius 2 is 1.71 bits per heavy atom. The number of carbonyl (C=O) groups is 2. The van der Waals surface area contributed by atoms with Crippen LogP contribution in [0.4, 0.5) is 0 Å². The SMILES string of the molecule is C=C1NC2=C(C(=O)CC(C)(C)C2)C(c2ccccc2)C1C(=O)OCCc1ccccc1. The van der Waals surface area contributed by atoms with Gasteiger partial charge in [0.25, 0.3) is 0 Å². The van der Waals surface area contributed by atoms with Crippen LogP contribution in [0.2, 0.25) is 0 Å². The maximum atomic E-state index is 13.2. The highest BCUT2D eigenvalue weighted by atomic mass is 16.5. The molecule has 0 saturated carbocycles. The summed E-state index contributed by atoms with van der Waals surface area (Å²) in [6.07, 6.45) is 1.88. The van der Waals surface area contributed by atoms with E-state index >= 15 is 0 Å². The van der Waals surface area contributed by atoms with E-state index in [-0.39, 0.29) is 23.1 Å². The molecule has 1 aliphatic carbocycles. The number of Topliss-reactive ketones (excluding diaryl/α,β-unsaturated/α-hetero) is 1. The Hall–Kier alpha value is -3.14. The van der Waals surface area contributed by atoms with Gasteiger partial charge in [-0.25, -0.2) is 0 Å². The number of esters is 1. The van der Waals surface area contributed by atoms with Gasteiger partial charge in [-0.1, -0.05) is 81.1 Å². The summed E-state index contributed by atoms with van der Waals surface area (Å²) in [7, 11) is 0. The van der Waals surface area contributed by atoms with Gasteiger partial charge in [0.05, 0.1) is 6.61 Å². The minimum absolute atomic E-state index is 0.0992. The van der Waals surface area contributed by atoms with Crippen LogP contribution in [-0.2, 0) is 20.7 Å². The van der Waals surface area contributed by atoms with Crippen molar-refractivity contribution in [2.24, 2.45) is 11.3 Å². The molecule has 0 spiro atoms. The van der Waals surface area contributed by atoms with Gasteiger partial charge in [0, 0.05) is 35.7 Å². The van der Waals surface area contributed by atoms with Crippen molar-refractivity contribution in [1.82, 2.24) is 5.32 Å². The van der Waals surface area contributed by atoms with Gasteiger partial charge in [-0.3, -0.25) is 9.59 Å². The largest absolute Gasteiger partial charge is 0.465 e. The normalized spacial score (nSPS) is 22.5. The highest BCUT2D eigenvalue weighted by Gasteiger charge is 2.46. The monoisotopic (exact) mass is 415 g/mol. The summed E-state index contributed by atoms with van der Waals surface area (Å²) in [5, 5.41) is 3.31. The second-order valence-corrected chi connectivity index (χ2v) is 9.25. The Morgan fingerprint density at radius 1 is 1.06 bits per heavy atom. The van der Waals surface area contributed by atoms with Crippen molar-refractivity contribution in [3.05, 3.63) is 95.3 Å². The lowest BCUT2D eigenvalue weighted by molar-refractivity contribution is -0.147. The Morgan fingerprint density at radius 3 is 2.39 bits per heavy atom. The molecule has 2 aliphatic rings. The number of carbonyl (C=O) groups excluding carboxylic acids is 2. The molecule has 2 unspecified atom stereocenters. The maximum Gasteiger partial charge on any atom is 0.315 e. The van der Waals surface area contributed by atoms with Gasteiger partial charge in [-0.15, -0.1) is 0 Å². The van der Waals surface area contributed by atoms with Crippen LogP contribution < -0.4 is 5.32 Å². The number of hydrogen-bond acceptors (Lipinski definition) is 4. The van der Waals surface area contributed by atoms with E-state index < -0.39 is 5.92 Å². The highest BCUT2D eigenvalue weighted by molar-refractivity contribution is 6.00. The fraction of sp³-hybridized carbons (Fsp3) is 0.333. The molecule has 0 amide bonds. The van der Waals surface area contributed by atoms with Crippen LogP contribution in [0, 0.1) is 11.3 Å². The first-order valence-electron chi connectivity index (χ1n) is 10.8. The predicted molar refractivity (Wildman–Crippen MR) is 121 cm³/mol. The minimum atomic E-state index is -0.637. The van der Waals surface area contributed by atoms with Crippen molar-refractivity contribution < 1.29 is 14.3 Å². The molecule has 160 valence electrons. The number of nitrogens with one attached hydrogen (secondary N) is 1. The molecule has 4 heteroatoms. The number of ketones is 1. The Kier molecular flexibility index (Phi) is 5.81. The Labute approximate surface area is 184 Å². The van der Waals surface area contributed by atoms with Gasteiger partial charge in [-0.05, 0) is 23.0 Å². The number of ether oxygens (including phenoxy) is 1. The number of rotatable bonds is 5. The van der Waals surface area contributed by atoms with Crippen molar-refractivity contribution >= 4 is 11.8 Å². The number of hydrogen-bond donors (Lipinski definition) is 1. The smallest absolute Gasteiger partial charge is 0.315 e. The van der Waals surface area contributed by atoms with Crippen molar-refractivity contribution in [2.75, 3.05) is 6.61 Å². The zero-order valence-corrected chi connectivity index (χ0v) is 18.2. The molecule has 0 fully saturated rings. The zero-order chi connectivity index (χ0) is 22.0. The first-order chi connectivity index (χ1) is 14.9. The van der Waals surface area contributed by atoms with Crippen LogP contribution in [0.15, 0.2) is 84.2 Å². The second kappa shape index (κ2) is 8.54. The molecule has 2 aromatic rings. The molecule has 4 nitrogen and oxygen atoms in total. The van der Waals surface area contributed by atoms with Crippen LogP contribution in [-0.4, -0.2) is 18.4 Å². The van der Waals surface area contributed by atoms with Crippen LogP contribution in [0.1, 0.15) is 43.7 Å². The van der Waals surface area contributed by atoms with E-state index in [2.05, 4.69) is 25.7 Å². The van der Waals surface area contributed by atoms with Crippen molar-refractivity contribution in [3.8, 4) is 0 Å². The molecule has 2 atom stereocenters. The summed E-state index contributed by atoms with van der Waals surface area (Å²) in [4.78, 5) is 26.5. The third-order valence-electron chi connectivity index (χ3n) is 6.14. The Balaban J connectivity index is 1.63. The maximum absolute atomic E-state index is 13.2. The molecule has 0 saturated heterocycles. The third kappa shape index (κ3) is 4.48. The molecule has 0 radical (unpaired) electrons. The van der Waals surface area contributed by atoms with Gasteiger partial charge in [0.2, 0.25) is 0 Å². The second-order valence-electron chi connectivity index (χ2n) is 9.25. The van der Waals surface area contributed by atoms with Crippen LogP contribution >= 0.6 is 0 Å². The predicted octanol–water partition coefficient (Wildman–Crippen LogP) is 4.93. The number of allylic oxidation sites excluding steroid dienone is 2. The Bertz CT molecular complexity index is 1020. The topological polar surface area (TPSA) is 55.4 Å². The zero-order valence-electron chi connectivity index (χ0n) is 18.2. The fourth-order valence-corrected chi connectivity index (χ4v) is 4.75. The lowest BCUT2D eigenvalue weighted by Crippen LogP contribution is -2.43. The highest BCUT2D eigenvalue weighted by Crippen LogP contribution is 2.48. The van der Waals surface area contributed by atoms with E-state index in [9.17, 15) is 9.59 Å². The van der Waals surface area contributed by atoms with Gasteiger partial charge in [0.1, 0.15) is 5.92 Å². The van der Waals surface area contributed by atoms with Crippen LogP contribution in [0.5, 0.6) is 0 Å². The fourth-order valence-electron chi connectivity index (χ4n) is 4.75. The summed E-state index contributed by atoms with van der Waals surface area (Å²) in [5.74, 6) is -1.26. The molecule has 0 bridgehead atoms. The average molecular weight is 416 g/mol. The third-order valence-corrected chi connectivity index (χ3v) is 6.14. The first kappa shape index (κ1) is 21.1. The van der Waals surface area contributed by atoms with Gasteiger partial charge < -0.3 is 10.1 Å². The van der Waals surface area contributed by atoms with E-state index in [0.717, 1.165) is 23.2 Å². The van der Waals surface area contributed by atoms with Crippen LogP contribution in [0.3, 0.4) is 0 Å². The summed E-state index contributed by atoms with van der Waals surface area (Å²) < 4.78 is 5.69. The van der Waals surface area contributed by atoms with E-state index in [1.165, 1.54) is 0 Å². The van der Waals surface area contributed by atoms with E-state index in [0.29, 0.717) is 30.7 Å².